The van der Waals surface area contributed by atoms with Gasteiger partial charge in [-0.1, -0.05) is 35.3 Å². The Kier molecular flexibility index (Phi) is 5.78. The maximum Gasteiger partial charge on any atom is 0.328 e. The lowest BCUT2D eigenvalue weighted by molar-refractivity contribution is -0.386. The second-order valence-corrected chi connectivity index (χ2v) is 5.51. The van der Waals surface area contributed by atoms with Crippen molar-refractivity contribution in [2.75, 3.05) is 0 Å². The smallest absolute Gasteiger partial charge is 0.328 e. The Balaban J connectivity index is 2.21. The maximum absolute atomic E-state index is 11.2. The Labute approximate surface area is 147 Å². The predicted molar refractivity (Wildman–Crippen MR) is 90.6 cm³/mol. The fourth-order valence-electron chi connectivity index (χ4n) is 1.86. The number of nitro benzene ring substituents is 1. The molecule has 0 bridgehead atoms. The second kappa shape index (κ2) is 7.81. The first-order valence-corrected chi connectivity index (χ1v) is 7.38. The van der Waals surface area contributed by atoms with Crippen LogP contribution in [0, 0.1) is 10.1 Å². The highest BCUT2D eigenvalue weighted by atomic mass is 35.5. The summed E-state index contributed by atoms with van der Waals surface area (Å²) in [6, 6.07) is 9.10. The number of aliphatic carboxylic acids is 1. The lowest BCUT2D eigenvalue weighted by Gasteiger charge is -2.08. The SMILES string of the molecule is O=C(O)C=Cc1ccc(OCc2ccc(Cl)c(Cl)c2)c([N+](=O)[O-])c1. The van der Waals surface area contributed by atoms with E-state index in [0.29, 0.717) is 21.2 Å². The molecule has 0 spiro atoms. The fraction of sp³-hybridized carbons (Fsp3) is 0.0625. The van der Waals surface area contributed by atoms with Gasteiger partial charge in [0.25, 0.3) is 0 Å². The van der Waals surface area contributed by atoms with Gasteiger partial charge >= 0.3 is 11.7 Å². The number of carboxylic acid groups (broad SMARTS) is 1. The highest BCUT2D eigenvalue weighted by Gasteiger charge is 2.16. The molecule has 0 atom stereocenters. The molecule has 0 saturated carbocycles. The molecular weight excluding hydrogens is 357 g/mol. The number of halogens is 2. The van der Waals surface area contributed by atoms with Crippen LogP contribution in [0.2, 0.25) is 10.0 Å². The van der Waals surface area contributed by atoms with Gasteiger partial charge in [-0.3, -0.25) is 10.1 Å². The summed E-state index contributed by atoms with van der Waals surface area (Å²) in [5.41, 5.74) is 0.821. The van der Waals surface area contributed by atoms with E-state index in [1.165, 1.54) is 24.3 Å². The summed E-state index contributed by atoms with van der Waals surface area (Å²) in [5, 5.41) is 20.5. The Hall–Kier alpha value is -2.57. The highest BCUT2D eigenvalue weighted by molar-refractivity contribution is 6.42. The van der Waals surface area contributed by atoms with Crippen molar-refractivity contribution in [2.45, 2.75) is 6.61 Å². The number of benzene rings is 2. The van der Waals surface area contributed by atoms with Gasteiger partial charge < -0.3 is 9.84 Å². The van der Waals surface area contributed by atoms with Crippen molar-refractivity contribution in [3.8, 4) is 5.75 Å². The van der Waals surface area contributed by atoms with E-state index in [2.05, 4.69) is 0 Å². The number of ether oxygens (including phenoxy) is 1. The van der Waals surface area contributed by atoms with Gasteiger partial charge in [-0.2, -0.15) is 0 Å². The van der Waals surface area contributed by atoms with Crippen LogP contribution in [0.1, 0.15) is 11.1 Å². The summed E-state index contributed by atoms with van der Waals surface area (Å²) in [6.07, 6.45) is 2.16. The van der Waals surface area contributed by atoms with E-state index in [4.69, 9.17) is 33.0 Å². The first-order chi connectivity index (χ1) is 11.4. The average molecular weight is 368 g/mol. The minimum Gasteiger partial charge on any atom is -0.482 e. The minimum absolute atomic E-state index is 0.0681. The highest BCUT2D eigenvalue weighted by Crippen LogP contribution is 2.30. The van der Waals surface area contributed by atoms with Crippen LogP contribution in [0.3, 0.4) is 0 Å². The van der Waals surface area contributed by atoms with Crippen molar-refractivity contribution in [1.29, 1.82) is 0 Å². The number of nitro groups is 1. The van der Waals surface area contributed by atoms with E-state index in [0.717, 1.165) is 6.08 Å². The third-order valence-electron chi connectivity index (χ3n) is 2.98. The van der Waals surface area contributed by atoms with E-state index in [-0.39, 0.29) is 18.0 Å². The van der Waals surface area contributed by atoms with Crippen molar-refractivity contribution in [2.24, 2.45) is 0 Å². The Morgan fingerprint density at radius 2 is 1.96 bits per heavy atom. The number of hydrogen-bond donors (Lipinski definition) is 1. The molecule has 2 rings (SSSR count). The van der Waals surface area contributed by atoms with Crippen molar-refractivity contribution < 1.29 is 19.6 Å². The Morgan fingerprint density at radius 1 is 1.21 bits per heavy atom. The lowest BCUT2D eigenvalue weighted by atomic mass is 10.1. The standard InChI is InChI=1S/C16H11Cl2NO5/c17-12-4-1-11(7-13(12)18)9-24-15-5-2-10(3-6-16(20)21)8-14(15)19(22)23/h1-8H,9H2,(H,20,21). The van der Waals surface area contributed by atoms with E-state index in [1.54, 1.807) is 18.2 Å². The fourth-order valence-corrected chi connectivity index (χ4v) is 2.18. The minimum atomic E-state index is -1.14. The van der Waals surface area contributed by atoms with E-state index < -0.39 is 10.9 Å². The Morgan fingerprint density at radius 3 is 2.58 bits per heavy atom. The summed E-state index contributed by atoms with van der Waals surface area (Å²) in [4.78, 5) is 21.1. The molecule has 0 aliphatic carbocycles. The number of carbonyl (C=O) groups is 1. The summed E-state index contributed by atoms with van der Waals surface area (Å²) in [6.45, 7) is 0.0715. The van der Waals surface area contributed by atoms with Crippen LogP contribution >= 0.6 is 23.2 Å². The lowest BCUT2D eigenvalue weighted by Crippen LogP contribution is -1.99. The molecule has 6 nitrogen and oxygen atoms in total. The van der Waals surface area contributed by atoms with Crippen molar-refractivity contribution >= 4 is 40.9 Å². The Bertz CT molecular complexity index is 820. The number of rotatable bonds is 6. The van der Waals surface area contributed by atoms with E-state index in [1.807, 2.05) is 0 Å². The zero-order valence-corrected chi connectivity index (χ0v) is 13.6. The quantitative estimate of drug-likeness (QED) is 0.458. The van der Waals surface area contributed by atoms with Crippen LogP contribution in [0.25, 0.3) is 6.08 Å². The second-order valence-electron chi connectivity index (χ2n) is 4.69. The molecule has 2 aromatic rings. The largest absolute Gasteiger partial charge is 0.482 e. The topological polar surface area (TPSA) is 89.7 Å². The molecule has 0 amide bonds. The molecule has 0 fully saturated rings. The van der Waals surface area contributed by atoms with E-state index in [9.17, 15) is 14.9 Å². The molecule has 0 aromatic heterocycles. The third-order valence-corrected chi connectivity index (χ3v) is 3.72. The normalized spacial score (nSPS) is 10.8. The summed E-state index contributed by atoms with van der Waals surface area (Å²) < 4.78 is 5.48. The molecule has 8 heteroatoms. The molecule has 1 N–H and O–H groups in total. The van der Waals surface area contributed by atoms with Crippen LogP contribution in [0.4, 0.5) is 5.69 Å². The monoisotopic (exact) mass is 367 g/mol. The molecule has 2 aromatic carbocycles. The molecule has 124 valence electrons. The van der Waals surface area contributed by atoms with Gasteiger partial charge in [0.15, 0.2) is 5.75 Å². The number of carboxylic acids is 1. The van der Waals surface area contributed by atoms with Crippen molar-refractivity contribution in [3.63, 3.8) is 0 Å². The van der Waals surface area contributed by atoms with Gasteiger partial charge in [0, 0.05) is 12.1 Å². The number of hydrogen-bond acceptors (Lipinski definition) is 4. The van der Waals surface area contributed by atoms with Gasteiger partial charge in [0.1, 0.15) is 6.61 Å². The molecule has 0 radical (unpaired) electrons. The van der Waals surface area contributed by atoms with Gasteiger partial charge in [-0.15, -0.1) is 0 Å². The average Bonchev–Trinajstić information content (AvgIpc) is 2.54. The molecular formula is C16H11Cl2NO5. The van der Waals surface area contributed by atoms with Crippen molar-refractivity contribution in [1.82, 2.24) is 0 Å². The van der Waals surface area contributed by atoms with Crippen LogP contribution in [-0.4, -0.2) is 16.0 Å². The first kappa shape index (κ1) is 17.8. The summed E-state index contributed by atoms with van der Waals surface area (Å²) in [7, 11) is 0. The van der Waals surface area contributed by atoms with Crippen LogP contribution < -0.4 is 4.74 Å². The zero-order valence-electron chi connectivity index (χ0n) is 12.1. The van der Waals surface area contributed by atoms with Gasteiger partial charge in [-0.25, -0.2) is 4.79 Å². The van der Waals surface area contributed by atoms with Crippen LogP contribution in [0.15, 0.2) is 42.5 Å². The summed E-state index contributed by atoms with van der Waals surface area (Å²) in [5.74, 6) is -1.07. The molecule has 24 heavy (non-hydrogen) atoms. The maximum atomic E-state index is 11.2. The molecule has 0 saturated heterocycles. The van der Waals surface area contributed by atoms with Gasteiger partial charge in [-0.05, 0) is 35.4 Å². The van der Waals surface area contributed by atoms with Gasteiger partial charge in [0.2, 0.25) is 0 Å². The predicted octanol–water partition coefficient (Wildman–Crippen LogP) is 4.58. The zero-order chi connectivity index (χ0) is 17.7. The molecule has 0 unspecified atom stereocenters. The summed E-state index contributed by atoms with van der Waals surface area (Å²) >= 11 is 11.7. The molecule has 0 heterocycles. The van der Waals surface area contributed by atoms with Gasteiger partial charge in [0.05, 0.1) is 15.0 Å². The van der Waals surface area contributed by atoms with Crippen molar-refractivity contribution in [3.05, 3.63) is 73.8 Å². The molecule has 0 aliphatic rings. The van der Waals surface area contributed by atoms with Crippen LogP contribution in [0.5, 0.6) is 5.75 Å². The van der Waals surface area contributed by atoms with E-state index >= 15 is 0 Å². The third kappa shape index (κ3) is 4.71. The molecule has 0 aliphatic heterocycles. The first-order valence-electron chi connectivity index (χ1n) is 6.63. The van der Waals surface area contributed by atoms with Crippen LogP contribution in [-0.2, 0) is 11.4 Å². The number of nitrogens with zero attached hydrogens (tertiary/aromatic N) is 1.